The summed E-state index contributed by atoms with van der Waals surface area (Å²) in [5.74, 6) is -2.09. The molecule has 2 rings (SSSR count). The number of carbonyl (C=O) groups is 3. The van der Waals surface area contributed by atoms with Gasteiger partial charge in [0.25, 0.3) is 5.91 Å². The maximum Gasteiger partial charge on any atom is 0.322 e. The predicted molar refractivity (Wildman–Crippen MR) is 80.5 cm³/mol. The maximum absolute atomic E-state index is 12.3. The lowest BCUT2D eigenvalue weighted by molar-refractivity contribution is -0.138. The van der Waals surface area contributed by atoms with Crippen LogP contribution >= 0.6 is 0 Å². The fourth-order valence-electron chi connectivity index (χ4n) is 2.77. The topological polar surface area (TPSA) is 121 Å². The fraction of sp³-hybridized carbons (Fsp3) is 0.533. The van der Waals surface area contributed by atoms with Crippen LogP contribution in [0.2, 0.25) is 0 Å². The highest BCUT2D eigenvalue weighted by atomic mass is 16.4. The number of hydrogen-bond donors (Lipinski definition) is 3. The van der Waals surface area contributed by atoms with E-state index in [2.05, 4.69) is 20.6 Å². The van der Waals surface area contributed by atoms with Crippen LogP contribution in [-0.4, -0.2) is 45.4 Å². The van der Waals surface area contributed by atoms with Gasteiger partial charge >= 0.3 is 5.97 Å². The van der Waals surface area contributed by atoms with Crippen molar-refractivity contribution in [3.63, 3.8) is 0 Å². The summed E-state index contributed by atoms with van der Waals surface area (Å²) < 4.78 is 0. The first-order valence-corrected chi connectivity index (χ1v) is 7.64. The average molecular weight is 320 g/mol. The Labute approximate surface area is 133 Å². The molecule has 1 aliphatic rings. The van der Waals surface area contributed by atoms with Gasteiger partial charge in [-0.05, 0) is 18.8 Å². The van der Waals surface area contributed by atoms with Gasteiger partial charge in [0.1, 0.15) is 18.3 Å². The molecular formula is C15H20N4O4. The second-order valence-electron chi connectivity index (χ2n) is 5.55. The van der Waals surface area contributed by atoms with Crippen molar-refractivity contribution in [2.75, 3.05) is 6.54 Å². The molecular weight excluding hydrogens is 300 g/mol. The molecule has 8 nitrogen and oxygen atoms in total. The third-order valence-electron chi connectivity index (χ3n) is 3.90. The summed E-state index contributed by atoms with van der Waals surface area (Å²) in [6, 6.07) is -0.760. The minimum atomic E-state index is -1.12. The van der Waals surface area contributed by atoms with E-state index in [1.807, 2.05) is 0 Å². The van der Waals surface area contributed by atoms with E-state index in [1.165, 1.54) is 18.6 Å². The average Bonchev–Trinajstić information content (AvgIpc) is 2.59. The maximum atomic E-state index is 12.3. The normalized spacial score (nSPS) is 16.3. The highest BCUT2D eigenvalue weighted by Crippen LogP contribution is 2.26. The van der Waals surface area contributed by atoms with Crippen molar-refractivity contribution in [1.82, 2.24) is 20.6 Å². The minimum Gasteiger partial charge on any atom is -0.480 e. The zero-order valence-electron chi connectivity index (χ0n) is 12.7. The molecule has 8 heteroatoms. The van der Waals surface area contributed by atoms with Crippen molar-refractivity contribution in [3.05, 3.63) is 24.3 Å². The molecule has 0 spiro atoms. The van der Waals surface area contributed by atoms with E-state index in [4.69, 9.17) is 5.11 Å². The number of aliphatic carboxylic acids is 1. The Kier molecular flexibility index (Phi) is 6.02. The highest BCUT2D eigenvalue weighted by molar-refractivity contribution is 5.96. The van der Waals surface area contributed by atoms with Gasteiger partial charge in [0.05, 0.1) is 6.20 Å². The molecule has 0 aliphatic heterocycles. The van der Waals surface area contributed by atoms with Crippen molar-refractivity contribution in [2.45, 2.75) is 38.1 Å². The fourth-order valence-corrected chi connectivity index (χ4v) is 2.77. The molecule has 1 aromatic heterocycles. The van der Waals surface area contributed by atoms with Gasteiger partial charge in [-0.1, -0.05) is 19.3 Å². The molecule has 3 N–H and O–H groups in total. The quantitative estimate of drug-likeness (QED) is 0.695. The van der Waals surface area contributed by atoms with Crippen LogP contribution < -0.4 is 10.6 Å². The smallest absolute Gasteiger partial charge is 0.322 e. The SMILES string of the molecule is O=C(O)CNC(=O)C(NC(=O)c1cnccn1)C1CCCCC1. The molecule has 0 aromatic carbocycles. The lowest BCUT2D eigenvalue weighted by Crippen LogP contribution is -2.52. The molecule has 1 aliphatic carbocycles. The van der Waals surface area contributed by atoms with Crippen LogP contribution in [0.25, 0.3) is 0 Å². The van der Waals surface area contributed by atoms with Gasteiger partial charge in [-0.3, -0.25) is 19.4 Å². The minimum absolute atomic E-state index is 0.00170. The first kappa shape index (κ1) is 16.9. The molecule has 2 amide bonds. The number of carboxylic acid groups (broad SMARTS) is 1. The Balaban J connectivity index is 2.07. The highest BCUT2D eigenvalue weighted by Gasteiger charge is 2.31. The third-order valence-corrected chi connectivity index (χ3v) is 3.90. The number of nitrogens with zero attached hydrogens (tertiary/aromatic N) is 2. The molecule has 0 radical (unpaired) electrons. The number of carbonyl (C=O) groups excluding carboxylic acids is 2. The van der Waals surface area contributed by atoms with Gasteiger partial charge in [-0.25, -0.2) is 4.98 Å². The van der Waals surface area contributed by atoms with Gasteiger partial charge in [-0.2, -0.15) is 0 Å². The Bertz CT molecular complexity index is 558. The summed E-state index contributed by atoms with van der Waals surface area (Å²) in [4.78, 5) is 42.9. The molecule has 23 heavy (non-hydrogen) atoms. The summed E-state index contributed by atoms with van der Waals surface area (Å²) >= 11 is 0. The first-order valence-electron chi connectivity index (χ1n) is 7.64. The van der Waals surface area contributed by atoms with E-state index >= 15 is 0 Å². The van der Waals surface area contributed by atoms with Gasteiger partial charge in [0.15, 0.2) is 0 Å². The lowest BCUT2D eigenvalue weighted by atomic mass is 9.83. The van der Waals surface area contributed by atoms with Gasteiger partial charge < -0.3 is 15.7 Å². The van der Waals surface area contributed by atoms with Crippen LogP contribution in [0.4, 0.5) is 0 Å². The molecule has 1 fully saturated rings. The van der Waals surface area contributed by atoms with E-state index in [-0.39, 0.29) is 11.6 Å². The van der Waals surface area contributed by atoms with Crippen molar-refractivity contribution in [2.24, 2.45) is 5.92 Å². The molecule has 1 unspecified atom stereocenters. The van der Waals surface area contributed by atoms with Crippen LogP contribution in [0.15, 0.2) is 18.6 Å². The van der Waals surface area contributed by atoms with Crippen molar-refractivity contribution < 1.29 is 19.5 Å². The molecule has 0 saturated heterocycles. The van der Waals surface area contributed by atoms with E-state index < -0.39 is 30.4 Å². The number of hydrogen-bond acceptors (Lipinski definition) is 5. The molecule has 124 valence electrons. The summed E-state index contributed by atoms with van der Waals surface area (Å²) in [5.41, 5.74) is 0.124. The number of carboxylic acids is 1. The first-order chi connectivity index (χ1) is 11.1. The number of amides is 2. The number of aromatic nitrogens is 2. The second-order valence-corrected chi connectivity index (χ2v) is 5.55. The Morgan fingerprint density at radius 3 is 2.57 bits per heavy atom. The van der Waals surface area contributed by atoms with Crippen LogP contribution in [-0.2, 0) is 9.59 Å². The van der Waals surface area contributed by atoms with Crippen LogP contribution in [0.1, 0.15) is 42.6 Å². The summed E-state index contributed by atoms with van der Waals surface area (Å²) in [5, 5.41) is 13.7. The molecule has 1 aromatic rings. The largest absolute Gasteiger partial charge is 0.480 e. The van der Waals surface area contributed by atoms with Crippen LogP contribution in [0.5, 0.6) is 0 Å². The Hall–Kier alpha value is -2.51. The third kappa shape index (κ3) is 5.01. The van der Waals surface area contributed by atoms with Crippen LogP contribution in [0, 0.1) is 5.92 Å². The summed E-state index contributed by atoms with van der Waals surface area (Å²) in [7, 11) is 0. The zero-order valence-corrected chi connectivity index (χ0v) is 12.7. The number of nitrogens with one attached hydrogen (secondary N) is 2. The van der Waals surface area contributed by atoms with Crippen molar-refractivity contribution >= 4 is 17.8 Å². The Morgan fingerprint density at radius 2 is 1.96 bits per heavy atom. The van der Waals surface area contributed by atoms with E-state index in [9.17, 15) is 14.4 Å². The standard InChI is InChI=1S/C15H20N4O4/c20-12(21)9-18-15(23)13(10-4-2-1-3-5-10)19-14(22)11-8-16-6-7-17-11/h6-8,10,13H,1-5,9H2,(H,18,23)(H,19,22)(H,20,21). The van der Waals surface area contributed by atoms with Gasteiger partial charge in [-0.15, -0.1) is 0 Å². The zero-order chi connectivity index (χ0) is 16.7. The number of rotatable bonds is 6. The van der Waals surface area contributed by atoms with Gasteiger partial charge in [0.2, 0.25) is 5.91 Å². The monoisotopic (exact) mass is 320 g/mol. The lowest BCUT2D eigenvalue weighted by Gasteiger charge is -2.29. The van der Waals surface area contributed by atoms with Crippen molar-refractivity contribution in [3.8, 4) is 0 Å². The van der Waals surface area contributed by atoms with E-state index in [1.54, 1.807) is 0 Å². The summed E-state index contributed by atoms with van der Waals surface area (Å²) in [6.07, 6.45) is 8.92. The van der Waals surface area contributed by atoms with Crippen molar-refractivity contribution in [1.29, 1.82) is 0 Å². The second kappa shape index (κ2) is 8.21. The molecule has 1 heterocycles. The molecule has 1 atom stereocenters. The Morgan fingerprint density at radius 1 is 1.22 bits per heavy atom. The predicted octanol–water partition coefficient (Wildman–Crippen LogP) is 0.356. The summed E-state index contributed by atoms with van der Waals surface area (Å²) in [6.45, 7) is -0.469. The molecule has 0 bridgehead atoms. The van der Waals surface area contributed by atoms with E-state index in [0.717, 1.165) is 32.1 Å². The van der Waals surface area contributed by atoms with Crippen LogP contribution in [0.3, 0.4) is 0 Å². The van der Waals surface area contributed by atoms with Gasteiger partial charge in [0, 0.05) is 12.4 Å². The van der Waals surface area contributed by atoms with E-state index in [0.29, 0.717) is 0 Å². The molecule has 1 saturated carbocycles.